The number of amides is 1. The van der Waals surface area contributed by atoms with Gasteiger partial charge < -0.3 is 15.2 Å². The van der Waals surface area contributed by atoms with Crippen molar-refractivity contribution < 1.29 is 14.6 Å². The number of hydrogen-bond acceptors (Lipinski definition) is 4. The molecule has 1 heterocycles. The first-order chi connectivity index (χ1) is 8.03. The molecule has 0 aromatic carbocycles. The minimum atomic E-state index is -1.04. The normalized spacial score (nSPS) is 14.8. The van der Waals surface area contributed by atoms with E-state index in [0.717, 1.165) is 4.88 Å². The number of rotatable bonds is 6. The van der Waals surface area contributed by atoms with Crippen LogP contribution in [0.15, 0.2) is 23.6 Å². The van der Waals surface area contributed by atoms with Crippen molar-refractivity contribution in [1.82, 2.24) is 5.32 Å². The molecule has 0 fully saturated rings. The van der Waals surface area contributed by atoms with E-state index in [1.165, 1.54) is 13.2 Å². The van der Waals surface area contributed by atoms with E-state index in [-0.39, 0.29) is 19.1 Å². The molecule has 0 saturated heterocycles. The predicted octanol–water partition coefficient (Wildman–Crippen LogP) is 1.27. The van der Waals surface area contributed by atoms with E-state index in [4.69, 9.17) is 4.74 Å². The first-order valence-corrected chi connectivity index (χ1v) is 6.12. The van der Waals surface area contributed by atoms with Gasteiger partial charge in [0.1, 0.15) is 5.60 Å². The fraction of sp³-hybridized carbons (Fsp3) is 0.417. The molecule has 1 amide bonds. The molecule has 0 radical (unpaired) electrons. The third-order valence-corrected chi connectivity index (χ3v) is 2.88. The lowest BCUT2D eigenvalue weighted by atomic mass is 10.1. The van der Waals surface area contributed by atoms with Crippen LogP contribution in [-0.4, -0.2) is 36.9 Å². The molecule has 0 bridgehead atoms. The second kappa shape index (κ2) is 6.54. The molecule has 0 aliphatic heterocycles. The molecule has 1 aromatic heterocycles. The first-order valence-electron chi connectivity index (χ1n) is 5.24. The maximum atomic E-state index is 11.4. The van der Waals surface area contributed by atoms with Gasteiger partial charge in [-0.05, 0) is 24.4 Å². The van der Waals surface area contributed by atoms with Crippen LogP contribution in [0.4, 0.5) is 0 Å². The third-order valence-electron chi connectivity index (χ3n) is 2.04. The molecule has 0 spiro atoms. The second-order valence-electron chi connectivity index (χ2n) is 4.00. The lowest BCUT2D eigenvalue weighted by Crippen LogP contribution is -2.43. The Kier molecular flexibility index (Phi) is 5.34. The molecule has 2 N–H and O–H groups in total. The summed E-state index contributed by atoms with van der Waals surface area (Å²) in [6, 6.07) is 3.85. The molecule has 4 nitrogen and oxygen atoms in total. The SMILES string of the molecule is COC[C@](C)(O)CNC(=O)/C=C/c1cccs1. The highest BCUT2D eigenvalue weighted by Crippen LogP contribution is 2.09. The van der Waals surface area contributed by atoms with Gasteiger partial charge in [-0.2, -0.15) is 0 Å². The Morgan fingerprint density at radius 3 is 3.06 bits per heavy atom. The van der Waals surface area contributed by atoms with E-state index in [2.05, 4.69) is 5.32 Å². The summed E-state index contributed by atoms with van der Waals surface area (Å²) >= 11 is 1.56. The predicted molar refractivity (Wildman–Crippen MR) is 68.9 cm³/mol. The van der Waals surface area contributed by atoms with Gasteiger partial charge >= 0.3 is 0 Å². The molecular formula is C12H17NO3S. The molecule has 1 atom stereocenters. The number of aliphatic hydroxyl groups is 1. The van der Waals surface area contributed by atoms with Crippen molar-refractivity contribution in [3.05, 3.63) is 28.5 Å². The molecule has 94 valence electrons. The highest BCUT2D eigenvalue weighted by Gasteiger charge is 2.20. The van der Waals surface area contributed by atoms with Crippen LogP contribution in [0.5, 0.6) is 0 Å². The molecule has 0 saturated carbocycles. The largest absolute Gasteiger partial charge is 0.386 e. The van der Waals surface area contributed by atoms with Gasteiger partial charge in [0.25, 0.3) is 0 Å². The molecule has 17 heavy (non-hydrogen) atoms. The maximum absolute atomic E-state index is 11.4. The maximum Gasteiger partial charge on any atom is 0.244 e. The van der Waals surface area contributed by atoms with Crippen LogP contribution >= 0.6 is 11.3 Å². The van der Waals surface area contributed by atoms with E-state index in [0.29, 0.717) is 0 Å². The van der Waals surface area contributed by atoms with Crippen molar-refractivity contribution in [2.45, 2.75) is 12.5 Å². The zero-order chi connectivity index (χ0) is 12.7. The molecule has 0 aliphatic carbocycles. The van der Waals surface area contributed by atoms with Gasteiger partial charge in [0, 0.05) is 24.6 Å². The second-order valence-corrected chi connectivity index (χ2v) is 4.98. The topological polar surface area (TPSA) is 58.6 Å². The number of carbonyl (C=O) groups is 1. The number of hydrogen-bond donors (Lipinski definition) is 2. The molecule has 0 aliphatic rings. The Labute approximate surface area is 105 Å². The van der Waals surface area contributed by atoms with Crippen LogP contribution in [0.25, 0.3) is 6.08 Å². The smallest absolute Gasteiger partial charge is 0.244 e. The van der Waals surface area contributed by atoms with Crippen LogP contribution in [0.2, 0.25) is 0 Å². The quantitative estimate of drug-likeness (QED) is 0.753. The lowest BCUT2D eigenvalue weighted by molar-refractivity contribution is -0.118. The Bertz CT molecular complexity index is 371. The van der Waals surface area contributed by atoms with E-state index >= 15 is 0 Å². The van der Waals surface area contributed by atoms with Crippen molar-refractivity contribution in [1.29, 1.82) is 0 Å². The van der Waals surface area contributed by atoms with Crippen LogP contribution in [-0.2, 0) is 9.53 Å². The summed E-state index contributed by atoms with van der Waals surface area (Å²) < 4.78 is 4.84. The van der Waals surface area contributed by atoms with Gasteiger partial charge in [-0.25, -0.2) is 0 Å². The number of thiophene rings is 1. The summed E-state index contributed by atoms with van der Waals surface area (Å²) in [5.74, 6) is -0.227. The number of methoxy groups -OCH3 is 1. The van der Waals surface area contributed by atoms with E-state index < -0.39 is 5.60 Å². The molecule has 5 heteroatoms. The Morgan fingerprint density at radius 2 is 2.47 bits per heavy atom. The van der Waals surface area contributed by atoms with Gasteiger partial charge in [-0.3, -0.25) is 4.79 Å². The van der Waals surface area contributed by atoms with Gasteiger partial charge in [0.2, 0.25) is 5.91 Å². The lowest BCUT2D eigenvalue weighted by Gasteiger charge is -2.21. The summed E-state index contributed by atoms with van der Waals surface area (Å²) in [5.41, 5.74) is -1.04. The highest BCUT2D eigenvalue weighted by molar-refractivity contribution is 7.10. The van der Waals surface area contributed by atoms with Crippen molar-refractivity contribution in [3.63, 3.8) is 0 Å². The van der Waals surface area contributed by atoms with E-state index in [9.17, 15) is 9.90 Å². The van der Waals surface area contributed by atoms with Crippen molar-refractivity contribution in [2.24, 2.45) is 0 Å². The highest BCUT2D eigenvalue weighted by atomic mass is 32.1. The Balaban J connectivity index is 2.35. The zero-order valence-corrected chi connectivity index (χ0v) is 10.8. The molecule has 1 aromatic rings. The molecule has 0 unspecified atom stereocenters. The fourth-order valence-corrected chi connectivity index (χ4v) is 1.86. The average Bonchev–Trinajstić information content (AvgIpc) is 2.76. The van der Waals surface area contributed by atoms with Crippen LogP contribution in [0.1, 0.15) is 11.8 Å². The summed E-state index contributed by atoms with van der Waals surface area (Å²) in [4.78, 5) is 12.5. The van der Waals surface area contributed by atoms with Crippen LogP contribution < -0.4 is 5.32 Å². The third kappa shape index (κ3) is 5.63. The van der Waals surface area contributed by atoms with Crippen molar-refractivity contribution in [2.75, 3.05) is 20.3 Å². The van der Waals surface area contributed by atoms with Gasteiger partial charge in [-0.15, -0.1) is 11.3 Å². The Hall–Kier alpha value is -1.17. The zero-order valence-electron chi connectivity index (χ0n) is 9.97. The first kappa shape index (κ1) is 13.9. The summed E-state index contributed by atoms with van der Waals surface area (Å²) in [6.45, 7) is 1.95. The Morgan fingerprint density at radius 1 is 1.71 bits per heavy atom. The standard InChI is InChI=1S/C12H17NO3S/c1-12(15,9-16-2)8-13-11(14)6-5-10-4-3-7-17-10/h3-7,15H,8-9H2,1-2H3,(H,13,14)/b6-5+/t12-/m1/s1. The number of nitrogens with one attached hydrogen (secondary N) is 1. The minimum Gasteiger partial charge on any atom is -0.386 e. The van der Waals surface area contributed by atoms with Crippen molar-refractivity contribution >= 4 is 23.3 Å². The fourth-order valence-electron chi connectivity index (χ4n) is 1.24. The van der Waals surface area contributed by atoms with Crippen molar-refractivity contribution in [3.8, 4) is 0 Å². The monoisotopic (exact) mass is 255 g/mol. The van der Waals surface area contributed by atoms with Gasteiger partial charge in [-0.1, -0.05) is 6.07 Å². The summed E-state index contributed by atoms with van der Waals surface area (Å²) in [7, 11) is 1.51. The van der Waals surface area contributed by atoms with Crippen LogP contribution in [0, 0.1) is 0 Å². The molecule has 1 rings (SSSR count). The van der Waals surface area contributed by atoms with Gasteiger partial charge in [0.05, 0.1) is 6.61 Å². The minimum absolute atomic E-state index is 0.161. The molecular weight excluding hydrogens is 238 g/mol. The number of carbonyl (C=O) groups excluding carboxylic acids is 1. The average molecular weight is 255 g/mol. The van der Waals surface area contributed by atoms with Crippen LogP contribution in [0.3, 0.4) is 0 Å². The van der Waals surface area contributed by atoms with E-state index in [1.807, 2.05) is 17.5 Å². The van der Waals surface area contributed by atoms with Gasteiger partial charge in [0.15, 0.2) is 0 Å². The number of ether oxygens (including phenoxy) is 1. The van der Waals surface area contributed by atoms with E-state index in [1.54, 1.807) is 24.3 Å². The summed E-state index contributed by atoms with van der Waals surface area (Å²) in [5, 5.41) is 14.3. The summed E-state index contributed by atoms with van der Waals surface area (Å²) in [6.07, 6.45) is 3.19.